The van der Waals surface area contributed by atoms with Crippen molar-refractivity contribution in [1.29, 1.82) is 0 Å². The third kappa shape index (κ3) is 20.1. The van der Waals surface area contributed by atoms with E-state index in [4.69, 9.17) is 4.74 Å². The summed E-state index contributed by atoms with van der Waals surface area (Å²) < 4.78 is 36.1. The van der Waals surface area contributed by atoms with Gasteiger partial charge < -0.3 is 60.3 Å². The van der Waals surface area contributed by atoms with Gasteiger partial charge in [0.25, 0.3) is 5.92 Å². The van der Waals surface area contributed by atoms with Crippen molar-refractivity contribution in [2.24, 2.45) is 35.5 Å². The van der Waals surface area contributed by atoms with Crippen LogP contribution in [0.15, 0.2) is 12.2 Å². The standard InChI is InChI=1S/C65H112F2N12O12/c1-24-26-27-39(11)53-52-57(83)70-45(25-2)60(86)72(17)43(15)59(85)76(21)50(40(12)33-79-29-28-65(66,67)34-79)56(82)71-49(38(9)10)63(89)73(18)46(30-35(3)4)55(81)68-41(13)54(80)69-42(14)58(84)74(19)47(31-36(5)6)61(87)75(20)48(32-37(7)8)62(88)77(22)51(44(16)91-53)64(90)78(52)23/h24,26,35-53H,25,27-34H2,1-23H3,(H,68,81)(H,69,80)(H,70,83)(H,71,82). The molecule has 3 aliphatic rings. The van der Waals surface area contributed by atoms with Gasteiger partial charge in [0.15, 0.2) is 0 Å². The fourth-order valence-electron chi connectivity index (χ4n) is 12.6. The number of hydrogen-bond donors (Lipinski definition) is 4. The number of amides is 11. The molecule has 0 aromatic carbocycles. The highest BCUT2D eigenvalue weighted by Gasteiger charge is 2.51. The molecular formula is C65H112F2N12O12. The number of halogens is 2. The van der Waals surface area contributed by atoms with Crippen LogP contribution in [0.4, 0.5) is 8.78 Å². The van der Waals surface area contributed by atoms with Crippen molar-refractivity contribution >= 4 is 65.0 Å². The van der Waals surface area contributed by atoms with Crippen molar-refractivity contribution in [3.05, 3.63) is 12.2 Å². The fraction of sp³-hybridized carbons (Fsp3) is 0.800. The number of rotatable bonds is 14. The average molecular weight is 1290 g/mol. The Labute approximate surface area is 540 Å². The maximum Gasteiger partial charge on any atom is 0.261 e. The van der Waals surface area contributed by atoms with Crippen LogP contribution in [0.25, 0.3) is 0 Å². The van der Waals surface area contributed by atoms with E-state index in [0.29, 0.717) is 6.42 Å². The number of ether oxygens (including phenoxy) is 1. The normalized spacial score (nSPS) is 30.5. The zero-order valence-corrected chi connectivity index (χ0v) is 58.7. The smallest absolute Gasteiger partial charge is 0.261 e. The van der Waals surface area contributed by atoms with Crippen LogP contribution in [-0.2, 0) is 57.5 Å². The largest absolute Gasteiger partial charge is 0.370 e. The van der Waals surface area contributed by atoms with Gasteiger partial charge in [-0.15, -0.1) is 0 Å². The Morgan fingerprint density at radius 3 is 1.52 bits per heavy atom. The summed E-state index contributed by atoms with van der Waals surface area (Å²) in [6.07, 6.45) is 2.03. The highest BCUT2D eigenvalue weighted by Crippen LogP contribution is 2.32. The highest BCUT2D eigenvalue weighted by atomic mass is 19.3. The summed E-state index contributed by atoms with van der Waals surface area (Å²) in [5, 5.41) is 11.0. The van der Waals surface area contributed by atoms with Crippen LogP contribution in [0, 0.1) is 35.5 Å². The maximum absolute atomic E-state index is 15.2. The Morgan fingerprint density at radius 1 is 0.527 bits per heavy atom. The Bertz CT molecular complexity index is 2610. The molecule has 11 amide bonds. The first-order chi connectivity index (χ1) is 42.1. The number of alkyl halides is 2. The van der Waals surface area contributed by atoms with Crippen LogP contribution in [-0.4, -0.2) is 258 Å². The average Bonchev–Trinajstić information content (AvgIpc) is 1.78. The van der Waals surface area contributed by atoms with Gasteiger partial charge in [0.05, 0.1) is 18.8 Å². The predicted octanol–water partition coefficient (Wildman–Crippen LogP) is 3.36. The van der Waals surface area contributed by atoms with E-state index in [9.17, 15) is 37.5 Å². The van der Waals surface area contributed by atoms with E-state index in [1.807, 2.05) is 67.5 Å². The maximum atomic E-state index is 15.2. The zero-order valence-electron chi connectivity index (χ0n) is 58.7. The molecule has 0 aromatic rings. The minimum atomic E-state index is -2.99. The summed E-state index contributed by atoms with van der Waals surface area (Å²) in [7, 11) is 9.84. The Hall–Kier alpha value is -6.31. The van der Waals surface area contributed by atoms with Gasteiger partial charge in [0.1, 0.15) is 66.5 Å². The SMILES string of the molecule is CC=CCC(C)C1OC(C)C2C(=O)N(C)C1C(=O)NC(CC)C(=O)N(C)C(C)C(=O)N(C)C(C(C)CN1CCC(F)(F)C1)C(=O)NC(C(C)C)C(=O)N(C)C(CC(C)C)C(=O)NC(C)C(=O)NC(C)C(=O)N(C)C(CC(C)C)C(=O)N(C)C(CC(C)C)C(=O)N2C. The second-order valence-corrected chi connectivity index (χ2v) is 27.7. The molecule has 4 N–H and O–H groups in total. The number of carbonyl (C=O) groups is 11. The molecule has 0 spiro atoms. The second-order valence-electron chi connectivity index (χ2n) is 27.7. The molecule has 91 heavy (non-hydrogen) atoms. The molecule has 2 bridgehead atoms. The lowest BCUT2D eigenvalue weighted by molar-refractivity contribution is -0.155. The van der Waals surface area contributed by atoms with Crippen LogP contribution in [0.1, 0.15) is 149 Å². The summed E-state index contributed by atoms with van der Waals surface area (Å²) in [6, 6.07) is -14.2. The number of carbonyl (C=O) groups excluding carboxylic acids is 11. The van der Waals surface area contributed by atoms with Crippen LogP contribution in [0.5, 0.6) is 0 Å². The van der Waals surface area contributed by atoms with Gasteiger partial charge in [-0.25, -0.2) is 8.78 Å². The van der Waals surface area contributed by atoms with Crippen LogP contribution >= 0.6 is 0 Å². The summed E-state index contributed by atoms with van der Waals surface area (Å²) in [4.78, 5) is 173. The second kappa shape index (κ2) is 34.0. The molecule has 15 unspecified atom stereocenters. The van der Waals surface area contributed by atoms with Crippen molar-refractivity contribution in [3.63, 3.8) is 0 Å². The number of likely N-dealkylation sites (tertiary alicyclic amines) is 1. The minimum absolute atomic E-state index is 0.00572. The van der Waals surface area contributed by atoms with E-state index in [1.165, 1.54) is 99.5 Å². The van der Waals surface area contributed by atoms with E-state index in [-0.39, 0.29) is 56.5 Å². The molecule has 3 fully saturated rings. The molecule has 26 heteroatoms. The third-order valence-electron chi connectivity index (χ3n) is 18.3. The van der Waals surface area contributed by atoms with E-state index in [2.05, 4.69) is 21.3 Å². The molecule has 3 aliphatic heterocycles. The van der Waals surface area contributed by atoms with Crippen LogP contribution in [0.3, 0.4) is 0 Å². The van der Waals surface area contributed by atoms with Gasteiger partial charge >= 0.3 is 0 Å². The highest BCUT2D eigenvalue weighted by molar-refractivity contribution is 6.00. The van der Waals surface area contributed by atoms with E-state index in [0.717, 1.165) is 9.80 Å². The molecule has 518 valence electrons. The number of hydrogen-bond acceptors (Lipinski definition) is 13. The molecule has 0 aromatic heterocycles. The Kier molecular flexibility index (Phi) is 29.5. The molecular weight excluding hydrogens is 1180 g/mol. The van der Waals surface area contributed by atoms with Crippen LogP contribution < -0.4 is 21.3 Å². The minimum Gasteiger partial charge on any atom is -0.370 e. The number of allylic oxidation sites excluding steroid dienone is 2. The van der Waals surface area contributed by atoms with Gasteiger partial charge in [-0.05, 0) is 102 Å². The zero-order chi connectivity index (χ0) is 69.8. The van der Waals surface area contributed by atoms with Gasteiger partial charge in [-0.3, -0.25) is 57.6 Å². The van der Waals surface area contributed by atoms with Crippen molar-refractivity contribution in [2.45, 2.75) is 234 Å². The lowest BCUT2D eigenvalue weighted by Gasteiger charge is -2.39. The summed E-state index contributed by atoms with van der Waals surface area (Å²) in [5.41, 5.74) is 0. The molecule has 3 saturated heterocycles. The van der Waals surface area contributed by atoms with Crippen molar-refractivity contribution in [2.75, 3.05) is 69.0 Å². The molecule has 0 radical (unpaired) electrons. The molecule has 0 saturated carbocycles. The lowest BCUT2D eigenvalue weighted by Crippen LogP contribution is -2.63. The van der Waals surface area contributed by atoms with Gasteiger partial charge in [-0.1, -0.05) is 88.3 Å². The summed E-state index contributed by atoms with van der Waals surface area (Å²) in [6.45, 7) is 26.7. The number of nitrogens with one attached hydrogen (secondary N) is 4. The summed E-state index contributed by atoms with van der Waals surface area (Å²) >= 11 is 0. The molecule has 0 aliphatic carbocycles. The molecule has 3 heterocycles. The van der Waals surface area contributed by atoms with Gasteiger partial charge in [0, 0.05) is 68.8 Å². The van der Waals surface area contributed by atoms with Crippen molar-refractivity contribution in [1.82, 2.24) is 60.5 Å². The number of nitrogens with zero attached hydrogens (tertiary/aromatic N) is 8. The van der Waals surface area contributed by atoms with E-state index >= 15 is 24.0 Å². The topological polar surface area (TPSA) is 271 Å². The third-order valence-corrected chi connectivity index (χ3v) is 18.3. The Balaban J connectivity index is 2.34. The molecule has 3 rings (SSSR count). The first kappa shape index (κ1) is 78.9. The summed E-state index contributed by atoms with van der Waals surface area (Å²) in [5.74, 6) is -13.2. The quantitative estimate of drug-likeness (QED) is 0.182. The van der Waals surface area contributed by atoms with Crippen LogP contribution in [0.2, 0.25) is 0 Å². The van der Waals surface area contributed by atoms with Crippen molar-refractivity contribution in [3.8, 4) is 0 Å². The van der Waals surface area contributed by atoms with Gasteiger partial charge in [0.2, 0.25) is 65.0 Å². The van der Waals surface area contributed by atoms with Gasteiger partial charge in [-0.2, -0.15) is 0 Å². The van der Waals surface area contributed by atoms with Crippen molar-refractivity contribution < 1.29 is 66.3 Å². The molecule has 24 nitrogen and oxygen atoms in total. The first-order valence-electron chi connectivity index (χ1n) is 32.5. The number of likely N-dealkylation sites (N-methyl/N-ethyl adjacent to an activating group) is 7. The number of fused-ring (bicyclic) bond motifs is 3. The molecule has 15 atom stereocenters. The predicted molar refractivity (Wildman–Crippen MR) is 342 cm³/mol. The first-order valence-corrected chi connectivity index (χ1v) is 32.5. The fourth-order valence-corrected chi connectivity index (χ4v) is 12.6. The monoisotopic (exact) mass is 1290 g/mol. The van der Waals surface area contributed by atoms with E-state index < -0.39 is 180 Å². The van der Waals surface area contributed by atoms with E-state index in [1.54, 1.807) is 34.6 Å². The Morgan fingerprint density at radius 2 is 1.02 bits per heavy atom. The lowest BCUT2D eigenvalue weighted by atomic mass is 9.92.